The summed E-state index contributed by atoms with van der Waals surface area (Å²) in [5.74, 6) is -3.31. The summed E-state index contributed by atoms with van der Waals surface area (Å²) in [6.45, 7) is 0.807. The van der Waals surface area contributed by atoms with E-state index in [1.807, 2.05) is 0 Å². The number of halogens is 3. The third kappa shape index (κ3) is 5.11. The number of nitrogen functional groups attached to an aromatic ring is 1. The lowest BCUT2D eigenvalue weighted by Crippen LogP contribution is -2.48. The van der Waals surface area contributed by atoms with Crippen LogP contribution in [0.25, 0.3) is 11.3 Å². The summed E-state index contributed by atoms with van der Waals surface area (Å²) in [5.41, 5.74) is 6.37. The highest BCUT2D eigenvalue weighted by Gasteiger charge is 2.24. The summed E-state index contributed by atoms with van der Waals surface area (Å²) >= 11 is 6.34. The third-order valence-corrected chi connectivity index (χ3v) is 5.26. The molecule has 34 heavy (non-hydrogen) atoms. The standard InChI is InChI=1S/C22H18ClF2N5O4/c23-16-6-13(28-22(33)19(31)10-3-11(24)5-12(25)4-10)1-2-15(16)17-7-27-20(26)18(30-17)21(32)29-14-8-34-9-14/h1-7,14,19,31H,8-9H2,(H2,26,27)(H,28,33)(H,29,32). The number of amides is 2. The predicted molar refractivity (Wildman–Crippen MR) is 119 cm³/mol. The van der Waals surface area contributed by atoms with Crippen LogP contribution < -0.4 is 16.4 Å². The monoisotopic (exact) mass is 489 g/mol. The maximum atomic E-state index is 13.4. The van der Waals surface area contributed by atoms with Gasteiger partial charge in [0.2, 0.25) is 0 Å². The maximum absolute atomic E-state index is 13.4. The van der Waals surface area contributed by atoms with Gasteiger partial charge < -0.3 is 26.2 Å². The van der Waals surface area contributed by atoms with Gasteiger partial charge in [-0.05, 0) is 35.9 Å². The SMILES string of the molecule is Nc1ncc(-c2ccc(NC(=O)C(O)c3cc(F)cc(F)c3)cc2Cl)nc1C(=O)NC1COC1. The lowest BCUT2D eigenvalue weighted by molar-refractivity contribution is -0.124. The molecule has 2 amide bonds. The Morgan fingerprint density at radius 1 is 1.18 bits per heavy atom. The van der Waals surface area contributed by atoms with Crippen molar-refractivity contribution in [1.82, 2.24) is 15.3 Å². The zero-order valence-corrected chi connectivity index (χ0v) is 18.1. The second-order valence-corrected chi connectivity index (χ2v) is 7.89. The van der Waals surface area contributed by atoms with Crippen molar-refractivity contribution in [2.45, 2.75) is 12.1 Å². The summed E-state index contributed by atoms with van der Waals surface area (Å²) in [6.07, 6.45) is -0.464. The van der Waals surface area contributed by atoms with Crippen molar-refractivity contribution >= 4 is 34.9 Å². The van der Waals surface area contributed by atoms with Gasteiger partial charge in [0.05, 0.1) is 36.2 Å². The molecule has 176 valence electrons. The normalized spacial score (nSPS) is 14.2. The number of aliphatic hydroxyl groups excluding tert-OH is 1. The number of nitrogens with one attached hydrogen (secondary N) is 2. The Hall–Kier alpha value is -3.67. The fourth-order valence-corrected chi connectivity index (χ4v) is 3.44. The number of carbonyl (C=O) groups excluding carboxylic acids is 2. The van der Waals surface area contributed by atoms with E-state index in [9.17, 15) is 23.5 Å². The van der Waals surface area contributed by atoms with Crippen LogP contribution in [-0.4, -0.2) is 46.1 Å². The van der Waals surface area contributed by atoms with Crippen LogP contribution in [0.1, 0.15) is 22.2 Å². The average molecular weight is 490 g/mol. The van der Waals surface area contributed by atoms with Crippen molar-refractivity contribution in [2.75, 3.05) is 24.3 Å². The molecule has 4 rings (SSSR count). The molecule has 0 radical (unpaired) electrons. The number of hydrogen-bond acceptors (Lipinski definition) is 7. The number of ether oxygens (including phenoxy) is 1. The lowest BCUT2D eigenvalue weighted by atomic mass is 10.1. The molecule has 1 aliphatic rings. The number of carbonyl (C=O) groups is 2. The highest BCUT2D eigenvalue weighted by molar-refractivity contribution is 6.33. The molecule has 9 nitrogen and oxygen atoms in total. The van der Waals surface area contributed by atoms with Gasteiger partial charge in [-0.3, -0.25) is 9.59 Å². The van der Waals surface area contributed by atoms with Gasteiger partial charge >= 0.3 is 0 Å². The van der Waals surface area contributed by atoms with Gasteiger partial charge in [-0.25, -0.2) is 18.7 Å². The van der Waals surface area contributed by atoms with E-state index >= 15 is 0 Å². The molecular formula is C22H18ClF2N5O4. The summed E-state index contributed by atoms with van der Waals surface area (Å²) in [7, 11) is 0. The van der Waals surface area contributed by atoms with Crippen molar-refractivity contribution in [3.8, 4) is 11.3 Å². The molecule has 3 aromatic rings. The van der Waals surface area contributed by atoms with E-state index < -0.39 is 29.6 Å². The van der Waals surface area contributed by atoms with Crippen molar-refractivity contribution in [3.63, 3.8) is 0 Å². The first-order valence-corrected chi connectivity index (χ1v) is 10.3. The van der Waals surface area contributed by atoms with Crippen LogP contribution in [0, 0.1) is 11.6 Å². The molecule has 1 saturated heterocycles. The first-order valence-electron chi connectivity index (χ1n) is 9.97. The smallest absolute Gasteiger partial charge is 0.274 e. The molecule has 5 N–H and O–H groups in total. The fourth-order valence-electron chi connectivity index (χ4n) is 3.16. The molecule has 1 fully saturated rings. The first-order chi connectivity index (χ1) is 16.2. The fraction of sp³-hybridized carbons (Fsp3) is 0.182. The molecular weight excluding hydrogens is 472 g/mol. The average Bonchev–Trinajstić information content (AvgIpc) is 2.75. The number of anilines is 2. The molecule has 2 aromatic carbocycles. The molecule has 0 saturated carbocycles. The van der Waals surface area contributed by atoms with Crippen LogP contribution in [0.2, 0.25) is 5.02 Å². The number of rotatable bonds is 6. The van der Waals surface area contributed by atoms with Gasteiger partial charge in [0, 0.05) is 17.3 Å². The maximum Gasteiger partial charge on any atom is 0.274 e. The molecule has 1 atom stereocenters. The van der Waals surface area contributed by atoms with Crippen LogP contribution in [0.5, 0.6) is 0 Å². The van der Waals surface area contributed by atoms with Gasteiger partial charge in [0.25, 0.3) is 11.8 Å². The van der Waals surface area contributed by atoms with Crippen LogP contribution in [-0.2, 0) is 9.53 Å². The van der Waals surface area contributed by atoms with Crippen LogP contribution in [0.3, 0.4) is 0 Å². The molecule has 1 unspecified atom stereocenters. The Balaban J connectivity index is 1.51. The van der Waals surface area contributed by atoms with Gasteiger partial charge in [-0.1, -0.05) is 11.6 Å². The van der Waals surface area contributed by atoms with Crippen LogP contribution in [0.15, 0.2) is 42.6 Å². The zero-order chi connectivity index (χ0) is 24.4. The largest absolute Gasteiger partial charge is 0.382 e. The van der Waals surface area contributed by atoms with E-state index in [4.69, 9.17) is 22.1 Å². The van der Waals surface area contributed by atoms with Crippen molar-refractivity contribution < 1.29 is 28.2 Å². The van der Waals surface area contributed by atoms with E-state index in [-0.39, 0.29) is 39.5 Å². The second-order valence-electron chi connectivity index (χ2n) is 7.49. The van der Waals surface area contributed by atoms with E-state index in [1.54, 1.807) is 0 Å². The number of aliphatic hydroxyl groups is 1. The van der Waals surface area contributed by atoms with Crippen molar-refractivity contribution in [2.24, 2.45) is 0 Å². The predicted octanol–water partition coefficient (Wildman–Crippen LogP) is 2.46. The number of hydrogen-bond donors (Lipinski definition) is 4. The van der Waals surface area contributed by atoms with Gasteiger partial charge in [0.1, 0.15) is 11.6 Å². The van der Waals surface area contributed by atoms with Crippen LogP contribution >= 0.6 is 11.6 Å². The Bertz CT molecular complexity index is 1250. The highest BCUT2D eigenvalue weighted by atomic mass is 35.5. The number of benzene rings is 2. The number of nitrogens with zero attached hydrogens (tertiary/aromatic N) is 2. The molecule has 0 aliphatic carbocycles. The summed E-state index contributed by atoms with van der Waals surface area (Å²) in [4.78, 5) is 33.1. The van der Waals surface area contributed by atoms with E-state index in [0.29, 0.717) is 24.8 Å². The van der Waals surface area contributed by atoms with E-state index in [0.717, 1.165) is 12.1 Å². The Morgan fingerprint density at radius 3 is 2.50 bits per heavy atom. The lowest BCUT2D eigenvalue weighted by Gasteiger charge is -2.26. The summed E-state index contributed by atoms with van der Waals surface area (Å²) in [5, 5.41) is 15.4. The Kier molecular flexibility index (Phi) is 6.68. The van der Waals surface area contributed by atoms with Crippen molar-refractivity contribution in [3.05, 3.63) is 70.5 Å². The molecule has 2 heterocycles. The first kappa shape index (κ1) is 23.5. The molecule has 12 heteroatoms. The minimum absolute atomic E-state index is 0.0516. The highest BCUT2D eigenvalue weighted by Crippen LogP contribution is 2.30. The summed E-state index contributed by atoms with van der Waals surface area (Å²) < 4.78 is 31.8. The van der Waals surface area contributed by atoms with Gasteiger partial charge in [-0.15, -0.1) is 0 Å². The van der Waals surface area contributed by atoms with E-state index in [2.05, 4.69) is 20.6 Å². The van der Waals surface area contributed by atoms with Crippen LogP contribution in [0.4, 0.5) is 20.3 Å². The van der Waals surface area contributed by atoms with Gasteiger partial charge in [-0.2, -0.15) is 0 Å². The molecule has 0 spiro atoms. The molecule has 1 aromatic heterocycles. The summed E-state index contributed by atoms with van der Waals surface area (Å²) in [6, 6.07) is 6.60. The Morgan fingerprint density at radius 2 is 1.88 bits per heavy atom. The zero-order valence-electron chi connectivity index (χ0n) is 17.4. The quantitative estimate of drug-likeness (QED) is 0.417. The second kappa shape index (κ2) is 9.67. The third-order valence-electron chi connectivity index (χ3n) is 4.95. The van der Waals surface area contributed by atoms with Crippen molar-refractivity contribution in [1.29, 1.82) is 0 Å². The number of aromatic nitrogens is 2. The molecule has 1 aliphatic heterocycles. The minimum Gasteiger partial charge on any atom is -0.382 e. The molecule has 0 bridgehead atoms. The number of nitrogens with two attached hydrogens (primary N) is 1. The Labute approximate surface area is 196 Å². The topological polar surface area (TPSA) is 139 Å². The van der Waals surface area contributed by atoms with E-state index in [1.165, 1.54) is 24.4 Å². The minimum atomic E-state index is -1.81. The van der Waals surface area contributed by atoms with Gasteiger partial charge in [0.15, 0.2) is 17.6 Å².